The van der Waals surface area contributed by atoms with Gasteiger partial charge in [0.1, 0.15) is 6.23 Å². The van der Waals surface area contributed by atoms with Crippen LogP contribution in [-0.2, 0) is 57.9 Å². The number of piperidine rings is 3. The number of fused-ring (bicyclic) bond motifs is 6. The second kappa shape index (κ2) is 28.3. The number of carbonyl (C=O) groups excluding carboxylic acids is 4. The lowest BCUT2D eigenvalue weighted by atomic mass is 9.90. The van der Waals surface area contributed by atoms with Crippen molar-refractivity contribution in [3.05, 3.63) is 108 Å². The molecule has 0 spiro atoms. The molecule has 0 radical (unpaired) electrons. The topological polar surface area (TPSA) is 125 Å². The van der Waals surface area contributed by atoms with Crippen molar-refractivity contribution in [3.8, 4) is 0 Å². The maximum Gasteiger partial charge on any atom is 0.246 e. The number of benzene rings is 3. The molecule has 3 aromatic rings. The van der Waals surface area contributed by atoms with Crippen molar-refractivity contribution in [2.75, 3.05) is 74.3 Å². The van der Waals surface area contributed by atoms with Crippen LogP contribution in [-0.4, -0.2) is 170 Å². The number of amides is 4. The monoisotopic (exact) mass is 957 g/mol. The number of likely N-dealkylation sites (tertiary alicyclic amines) is 3. The third kappa shape index (κ3) is 14.5. The lowest BCUT2D eigenvalue weighted by Crippen LogP contribution is -2.68. The van der Waals surface area contributed by atoms with Crippen LogP contribution in [0, 0.1) is 0 Å². The molecular weight excluding hydrogens is 873 g/mol. The molecule has 6 aliphatic rings. The van der Waals surface area contributed by atoms with E-state index in [0.29, 0.717) is 71.4 Å². The Bertz CT molecular complexity index is 1970. The molecule has 382 valence electrons. The van der Waals surface area contributed by atoms with Gasteiger partial charge in [-0.05, 0) is 95.6 Å². The van der Waals surface area contributed by atoms with Crippen LogP contribution in [0.3, 0.4) is 0 Å². The Morgan fingerprint density at radius 1 is 0.478 bits per heavy atom. The van der Waals surface area contributed by atoms with E-state index in [1.165, 1.54) is 23.3 Å². The first-order valence-electron chi connectivity index (χ1n) is 24.1. The van der Waals surface area contributed by atoms with Gasteiger partial charge in [-0.2, -0.15) is 0 Å². The van der Waals surface area contributed by atoms with E-state index in [9.17, 15) is 19.2 Å². The highest BCUT2D eigenvalue weighted by molar-refractivity contribution is 6.03. The van der Waals surface area contributed by atoms with Gasteiger partial charge < -0.3 is 28.7 Å². The van der Waals surface area contributed by atoms with Gasteiger partial charge in [0, 0.05) is 32.8 Å². The zero-order chi connectivity index (χ0) is 46.4. The molecule has 6 bridgehead atoms. The number of hydrogen-bond donors (Lipinski definition) is 0. The van der Waals surface area contributed by atoms with Gasteiger partial charge in [-0.3, -0.25) is 38.8 Å². The van der Waals surface area contributed by atoms with Gasteiger partial charge >= 0.3 is 0 Å². The first kappa shape index (κ1) is 57.0. The van der Waals surface area contributed by atoms with Crippen molar-refractivity contribution in [3.63, 3.8) is 0 Å². The van der Waals surface area contributed by atoms with Crippen LogP contribution in [0.1, 0.15) is 96.8 Å². The van der Waals surface area contributed by atoms with E-state index >= 15 is 0 Å². The fourth-order valence-corrected chi connectivity index (χ4v) is 10.5. The van der Waals surface area contributed by atoms with E-state index in [2.05, 4.69) is 29.0 Å². The summed E-state index contributed by atoms with van der Waals surface area (Å²) in [6.45, 7) is 5.75. The predicted molar refractivity (Wildman–Crippen MR) is 272 cm³/mol. The third-order valence-corrected chi connectivity index (χ3v) is 14.4. The largest absolute Gasteiger partial charge is 0.375 e. The maximum atomic E-state index is 12.7. The van der Waals surface area contributed by atoms with Gasteiger partial charge in [-0.15, -0.1) is 0 Å². The number of rotatable bonds is 16. The number of carbonyl (C=O) groups is 4. The fraction of sp³-hybridized carbons (Fsp3) is 0.600. The van der Waals surface area contributed by atoms with Gasteiger partial charge in [0.2, 0.25) is 23.6 Å². The summed E-state index contributed by atoms with van der Waals surface area (Å²) >= 11 is 0. The highest BCUT2D eigenvalue weighted by Gasteiger charge is 2.48. The summed E-state index contributed by atoms with van der Waals surface area (Å²) in [5.41, 5.74) is 3.42. The highest BCUT2D eigenvalue weighted by atomic mass is 16.5. The molecule has 14 heteroatoms. The molecule has 0 aromatic heterocycles. The number of piperazine rings is 3. The van der Waals surface area contributed by atoms with Gasteiger partial charge in [-0.1, -0.05) is 113 Å². The van der Waals surface area contributed by atoms with Gasteiger partial charge in [-0.25, -0.2) is 0 Å². The van der Waals surface area contributed by atoms with E-state index in [1.807, 2.05) is 108 Å². The molecule has 69 heavy (non-hydrogen) atoms. The standard InChI is InChI=1S/C18H26N2O3.C17H22N2O3.C17H24N2O2.3CH4/c1-19-15-9-6-10-16(19)18(22-2)20(17(15)21)11-12-23-13-14-7-4-3-5-8-14;1-18-14-8-5-9-15(18)17(21)19(16(14)20)10-11-22-12-13-6-3-2-4-7-13;1-18-15-8-5-9-16(18)17(20)19(12-15)10-11-21-13-14-6-3-2-4-7-14;;;/h3-5,7-8,15-16,18H,6,9-13H2,1-2H3;2-4,6-7,14-15H,5,8-12H2,1H3;2-4,6-7,15-16H,5,8-13H2,1H3;3*1H4. The van der Waals surface area contributed by atoms with Crippen molar-refractivity contribution >= 4 is 23.6 Å². The molecule has 6 aliphatic heterocycles. The molecule has 6 fully saturated rings. The van der Waals surface area contributed by atoms with Gasteiger partial charge in [0.25, 0.3) is 0 Å². The normalized spacial score (nSPS) is 25.5. The minimum Gasteiger partial charge on any atom is -0.375 e. The quantitative estimate of drug-likeness (QED) is 0.108. The lowest BCUT2D eigenvalue weighted by molar-refractivity contribution is -0.181. The van der Waals surface area contributed by atoms with Crippen LogP contribution in [0.25, 0.3) is 0 Å². The van der Waals surface area contributed by atoms with Crippen molar-refractivity contribution < 1.29 is 38.1 Å². The van der Waals surface area contributed by atoms with Crippen molar-refractivity contribution in [2.24, 2.45) is 0 Å². The van der Waals surface area contributed by atoms with E-state index in [-0.39, 0.29) is 76.3 Å². The van der Waals surface area contributed by atoms with E-state index in [0.717, 1.165) is 62.6 Å². The van der Waals surface area contributed by atoms with Crippen LogP contribution in [0.15, 0.2) is 91.0 Å². The molecule has 3 aromatic carbocycles. The van der Waals surface area contributed by atoms with Crippen molar-refractivity contribution in [1.82, 2.24) is 29.4 Å². The maximum absolute atomic E-state index is 12.7. The fourth-order valence-electron chi connectivity index (χ4n) is 10.5. The number of hydrogen-bond acceptors (Lipinski definition) is 11. The minimum absolute atomic E-state index is 0. The zero-order valence-electron chi connectivity index (χ0n) is 39.6. The molecule has 6 heterocycles. The van der Waals surface area contributed by atoms with Crippen LogP contribution >= 0.6 is 0 Å². The van der Waals surface area contributed by atoms with E-state index < -0.39 is 0 Å². The smallest absolute Gasteiger partial charge is 0.246 e. The number of imide groups is 1. The Morgan fingerprint density at radius 2 is 0.899 bits per heavy atom. The lowest BCUT2D eigenvalue weighted by Gasteiger charge is -2.51. The summed E-state index contributed by atoms with van der Waals surface area (Å²) < 4.78 is 22.7. The van der Waals surface area contributed by atoms with E-state index in [4.69, 9.17) is 18.9 Å². The molecule has 6 saturated heterocycles. The molecule has 0 N–H and O–H groups in total. The molecule has 0 aliphatic carbocycles. The van der Waals surface area contributed by atoms with Gasteiger partial charge in [0.15, 0.2) is 0 Å². The summed E-state index contributed by atoms with van der Waals surface area (Å²) in [7, 11) is 7.71. The molecular formula is C55H84N6O8. The predicted octanol–water partition coefficient (Wildman–Crippen LogP) is 7.10. The minimum atomic E-state index is -0.163. The van der Waals surface area contributed by atoms with Crippen molar-refractivity contribution in [2.45, 2.75) is 142 Å². The van der Waals surface area contributed by atoms with Crippen LogP contribution in [0.4, 0.5) is 0 Å². The van der Waals surface area contributed by atoms with Crippen LogP contribution in [0.5, 0.6) is 0 Å². The average molecular weight is 957 g/mol. The van der Waals surface area contributed by atoms with E-state index in [1.54, 1.807) is 7.11 Å². The molecule has 14 nitrogen and oxygen atoms in total. The SMILES string of the molecule is C.C.C.CN1C2CCCC1C(=O)N(CCOCc1ccccc1)C2.CN1C2CCCC1C(=O)N(CCOCc1ccccc1)C2=O.COC1C2CCCC(C(=O)N1CCOCc1ccccc1)N2C. The summed E-state index contributed by atoms with van der Waals surface area (Å²) in [4.78, 5) is 61.7. The molecule has 0 saturated carbocycles. The van der Waals surface area contributed by atoms with Crippen LogP contribution < -0.4 is 0 Å². The Hall–Kier alpha value is -4.54. The van der Waals surface area contributed by atoms with Crippen LogP contribution in [0.2, 0.25) is 0 Å². The first-order valence-corrected chi connectivity index (χ1v) is 24.1. The summed E-state index contributed by atoms with van der Waals surface area (Å²) in [5, 5.41) is 0. The summed E-state index contributed by atoms with van der Waals surface area (Å²) in [5.74, 6) is 0.342. The second-order valence-corrected chi connectivity index (χ2v) is 18.5. The summed E-state index contributed by atoms with van der Waals surface area (Å²) in [6.07, 6.45) is 9.02. The van der Waals surface area contributed by atoms with Crippen molar-refractivity contribution in [1.29, 1.82) is 0 Å². The Labute approximate surface area is 414 Å². The zero-order valence-corrected chi connectivity index (χ0v) is 39.6. The molecule has 7 atom stereocenters. The third-order valence-electron chi connectivity index (χ3n) is 14.4. The number of nitrogens with zero attached hydrogens (tertiary/aromatic N) is 6. The first-order chi connectivity index (χ1) is 32.2. The highest BCUT2D eigenvalue weighted by Crippen LogP contribution is 2.33. The number of methoxy groups -OCH3 is 1. The Morgan fingerprint density at radius 3 is 1.39 bits per heavy atom. The molecule has 4 amide bonds. The van der Waals surface area contributed by atoms with Gasteiger partial charge in [0.05, 0.1) is 76.4 Å². The second-order valence-electron chi connectivity index (χ2n) is 18.5. The average Bonchev–Trinajstić information content (AvgIpc) is 3.33. The Kier molecular flexibility index (Phi) is 23.4. The summed E-state index contributed by atoms with van der Waals surface area (Å²) in [6, 6.07) is 30.8. The number of likely N-dealkylation sites (N-methyl/N-ethyl adjacent to an activating group) is 3. The molecule has 9 rings (SSSR count). The number of ether oxygens (including phenoxy) is 4. The Balaban J connectivity index is 0.000000221. The molecule has 7 unspecified atom stereocenters.